The van der Waals surface area contributed by atoms with Gasteiger partial charge in [-0.1, -0.05) is 0 Å². The molecule has 1 fully saturated rings. The average Bonchev–Trinajstić information content (AvgIpc) is 2.99. The topological polar surface area (TPSA) is 76.7 Å². The van der Waals surface area contributed by atoms with E-state index in [9.17, 15) is 9.59 Å². The average molecular weight is 484 g/mol. The van der Waals surface area contributed by atoms with Gasteiger partial charge in [0.2, 0.25) is 0 Å². The summed E-state index contributed by atoms with van der Waals surface area (Å²) in [6.45, 7) is 0. The van der Waals surface area contributed by atoms with Gasteiger partial charge in [0.25, 0.3) is 0 Å². The van der Waals surface area contributed by atoms with Gasteiger partial charge in [0, 0.05) is 0 Å². The monoisotopic (exact) mass is 484 g/mol. The Morgan fingerprint density at radius 3 is 2.69 bits per heavy atom. The number of benzene rings is 1. The summed E-state index contributed by atoms with van der Waals surface area (Å²) in [6, 6.07) is 5.18. The van der Waals surface area contributed by atoms with Gasteiger partial charge in [0.1, 0.15) is 0 Å². The summed E-state index contributed by atoms with van der Waals surface area (Å²) in [5.41, 5.74) is -0.913. The molecule has 0 atom stereocenters. The SMILES string of the molecule is COC1(c2[se]c3c(ccc4cc(C(=O)O)c(=O)oc43)c2Br)CCCCC1. The van der Waals surface area contributed by atoms with Gasteiger partial charge in [-0.15, -0.1) is 0 Å². The van der Waals surface area contributed by atoms with Gasteiger partial charge in [-0.25, -0.2) is 0 Å². The Balaban J connectivity index is 1.99. The second-order valence-electron chi connectivity index (χ2n) is 6.62. The van der Waals surface area contributed by atoms with Gasteiger partial charge in [0.05, 0.1) is 0 Å². The molecule has 3 aromatic rings. The zero-order chi connectivity index (χ0) is 18.5. The first-order valence-electron chi connectivity index (χ1n) is 8.44. The van der Waals surface area contributed by atoms with Crippen LogP contribution >= 0.6 is 15.9 Å². The van der Waals surface area contributed by atoms with E-state index in [0.717, 1.165) is 39.8 Å². The molecule has 1 N–H and O–H groups in total. The molecule has 0 bridgehead atoms. The number of hydrogen-bond donors (Lipinski definition) is 1. The number of carboxylic acids is 1. The minimum absolute atomic E-state index is 0.0539. The number of carbonyl (C=O) groups is 1. The first-order chi connectivity index (χ1) is 12.5. The zero-order valence-corrected chi connectivity index (χ0v) is 17.4. The second kappa shape index (κ2) is 6.64. The maximum atomic E-state index is 12.1. The molecule has 2 aromatic heterocycles. The van der Waals surface area contributed by atoms with Gasteiger partial charge in [-0.3, -0.25) is 0 Å². The number of halogens is 1. The fraction of sp³-hybridized carbons (Fsp3) is 0.368. The molecule has 7 heteroatoms. The van der Waals surface area contributed by atoms with Crippen LogP contribution < -0.4 is 5.63 Å². The van der Waals surface area contributed by atoms with Crippen LogP contribution in [-0.4, -0.2) is 32.7 Å². The van der Waals surface area contributed by atoms with Gasteiger partial charge < -0.3 is 0 Å². The minimum atomic E-state index is -1.27. The fourth-order valence-electron chi connectivity index (χ4n) is 3.79. The first-order valence-corrected chi connectivity index (χ1v) is 11.0. The van der Waals surface area contributed by atoms with E-state index in [0.29, 0.717) is 11.0 Å². The normalized spacial score (nSPS) is 17.0. The molecule has 0 spiro atoms. The number of fused-ring (bicyclic) bond motifs is 3. The van der Waals surface area contributed by atoms with E-state index in [1.54, 1.807) is 7.11 Å². The predicted molar refractivity (Wildman–Crippen MR) is 103 cm³/mol. The number of carboxylic acid groups (broad SMARTS) is 1. The van der Waals surface area contributed by atoms with Crippen LogP contribution in [0.15, 0.2) is 31.9 Å². The van der Waals surface area contributed by atoms with Crippen molar-refractivity contribution in [2.24, 2.45) is 0 Å². The van der Waals surface area contributed by atoms with Crippen molar-refractivity contribution in [3.05, 3.63) is 43.1 Å². The van der Waals surface area contributed by atoms with Crippen molar-refractivity contribution in [1.29, 1.82) is 0 Å². The summed E-state index contributed by atoms with van der Waals surface area (Å²) in [6.07, 6.45) is 5.50. The van der Waals surface area contributed by atoms with Gasteiger partial charge in [0.15, 0.2) is 0 Å². The third-order valence-corrected chi connectivity index (χ3v) is 9.52. The van der Waals surface area contributed by atoms with Crippen LogP contribution in [-0.2, 0) is 10.3 Å². The molecule has 5 nitrogen and oxygen atoms in total. The van der Waals surface area contributed by atoms with Gasteiger partial charge >= 0.3 is 164 Å². The van der Waals surface area contributed by atoms with E-state index in [4.69, 9.17) is 14.3 Å². The standard InChI is InChI=1S/C19H17BrO5Se/c1-24-19(7-3-2-4-8-19)16-13(20)11-6-5-10-9-12(17(21)22)18(23)25-14(10)15(11)26-16/h5-6,9H,2-4,7-8H2,1H3,(H,21,22). The molecule has 1 saturated carbocycles. The number of hydrogen-bond acceptors (Lipinski definition) is 4. The molecule has 26 heavy (non-hydrogen) atoms. The summed E-state index contributed by atoms with van der Waals surface area (Å²) in [5, 5.41) is 10.8. The molecule has 1 aliphatic rings. The zero-order valence-electron chi connectivity index (χ0n) is 14.1. The predicted octanol–water partition coefficient (Wildman–Crippen LogP) is 4.27. The summed E-state index contributed by atoms with van der Waals surface area (Å²) in [7, 11) is 1.77. The Morgan fingerprint density at radius 1 is 1.31 bits per heavy atom. The van der Waals surface area contributed by atoms with E-state index >= 15 is 0 Å². The van der Waals surface area contributed by atoms with E-state index in [1.807, 2.05) is 12.1 Å². The Kier molecular flexibility index (Phi) is 4.59. The van der Waals surface area contributed by atoms with Crippen molar-refractivity contribution >= 4 is 57.0 Å². The van der Waals surface area contributed by atoms with Crippen LogP contribution in [0.5, 0.6) is 0 Å². The van der Waals surface area contributed by atoms with Crippen molar-refractivity contribution in [3.8, 4) is 0 Å². The molecular formula is C19H17BrO5Se. The number of rotatable bonds is 3. The molecular weight excluding hydrogens is 467 g/mol. The van der Waals surface area contributed by atoms with Crippen LogP contribution in [0, 0.1) is 0 Å². The Bertz CT molecular complexity index is 1070. The van der Waals surface area contributed by atoms with Crippen LogP contribution in [0.3, 0.4) is 0 Å². The third kappa shape index (κ3) is 2.69. The Morgan fingerprint density at radius 2 is 2.04 bits per heavy atom. The van der Waals surface area contributed by atoms with Gasteiger partial charge in [-0.05, 0) is 0 Å². The van der Waals surface area contributed by atoms with Gasteiger partial charge in [-0.2, -0.15) is 0 Å². The molecule has 0 aliphatic heterocycles. The van der Waals surface area contributed by atoms with E-state index in [2.05, 4.69) is 15.9 Å². The quantitative estimate of drug-likeness (QED) is 0.444. The van der Waals surface area contributed by atoms with Crippen molar-refractivity contribution in [3.63, 3.8) is 0 Å². The van der Waals surface area contributed by atoms with E-state index in [-0.39, 0.29) is 25.7 Å². The number of aromatic carboxylic acids is 1. The summed E-state index contributed by atoms with van der Waals surface area (Å²) >= 11 is 3.70. The molecule has 4 rings (SSSR count). The second-order valence-corrected chi connectivity index (χ2v) is 9.55. The summed E-state index contributed by atoms with van der Waals surface area (Å²) < 4.78 is 14.7. The van der Waals surface area contributed by atoms with E-state index < -0.39 is 11.6 Å². The number of ether oxygens (including phenoxy) is 1. The van der Waals surface area contributed by atoms with Crippen molar-refractivity contribution in [1.82, 2.24) is 0 Å². The van der Waals surface area contributed by atoms with Crippen LogP contribution in [0.4, 0.5) is 0 Å². The Labute approximate surface area is 163 Å². The number of methoxy groups -OCH3 is 1. The van der Waals surface area contributed by atoms with Crippen molar-refractivity contribution < 1.29 is 19.1 Å². The fourth-order valence-corrected chi connectivity index (χ4v) is 8.16. The first kappa shape index (κ1) is 18.0. The van der Waals surface area contributed by atoms with E-state index in [1.165, 1.54) is 16.9 Å². The third-order valence-electron chi connectivity index (χ3n) is 5.19. The van der Waals surface area contributed by atoms with Crippen LogP contribution in [0.25, 0.3) is 20.6 Å². The molecule has 1 aliphatic carbocycles. The molecule has 0 amide bonds. The summed E-state index contributed by atoms with van der Waals surface area (Å²) in [4.78, 5) is 23.3. The van der Waals surface area contributed by atoms with Crippen LogP contribution in [0.2, 0.25) is 0 Å². The van der Waals surface area contributed by atoms with Crippen LogP contribution in [0.1, 0.15) is 46.9 Å². The Hall–Kier alpha value is -1.40. The molecule has 0 saturated heterocycles. The van der Waals surface area contributed by atoms with Crippen molar-refractivity contribution in [2.45, 2.75) is 37.7 Å². The maximum absolute atomic E-state index is 12.1. The molecule has 0 unspecified atom stereocenters. The summed E-state index contributed by atoms with van der Waals surface area (Å²) in [5.74, 6) is -1.27. The molecule has 2 heterocycles. The molecule has 1 aromatic carbocycles. The molecule has 136 valence electrons. The van der Waals surface area contributed by atoms with Crippen molar-refractivity contribution in [2.75, 3.05) is 7.11 Å². The molecule has 0 radical (unpaired) electrons.